The van der Waals surface area contributed by atoms with Gasteiger partial charge in [0.2, 0.25) is 0 Å². The second kappa shape index (κ2) is 8.42. The Morgan fingerprint density at radius 3 is 2.34 bits per heavy atom. The summed E-state index contributed by atoms with van der Waals surface area (Å²) in [5, 5.41) is 20.6. The molecule has 1 aliphatic heterocycles. The molecule has 2 amide bonds. The molecular formula is C20H18ClN3O5. The molecule has 0 radical (unpaired) electrons. The summed E-state index contributed by atoms with van der Waals surface area (Å²) in [6, 6.07) is 12.3. The van der Waals surface area contributed by atoms with E-state index < -0.39 is 16.7 Å². The average Bonchev–Trinajstić information content (AvgIpc) is 2.94. The van der Waals surface area contributed by atoms with Crippen LogP contribution in [0.3, 0.4) is 0 Å². The Hall–Kier alpha value is -3.23. The number of non-ortho nitro benzene ring substituents is 1. The first-order valence-corrected chi connectivity index (χ1v) is 9.13. The van der Waals surface area contributed by atoms with Crippen LogP contribution in [0.4, 0.5) is 5.69 Å². The zero-order valence-corrected chi connectivity index (χ0v) is 16.3. The molecule has 9 heteroatoms. The van der Waals surface area contributed by atoms with Crippen LogP contribution in [0.1, 0.15) is 11.1 Å². The number of aliphatic hydroxyl groups excluding tert-OH is 1. The van der Waals surface area contributed by atoms with E-state index >= 15 is 0 Å². The number of imide groups is 1. The summed E-state index contributed by atoms with van der Waals surface area (Å²) in [5.74, 6) is -1.04. The number of rotatable bonds is 7. The van der Waals surface area contributed by atoms with Gasteiger partial charge >= 0.3 is 0 Å². The molecule has 2 aromatic rings. The first kappa shape index (κ1) is 20.5. The Balaban J connectivity index is 2.03. The Morgan fingerprint density at radius 2 is 1.76 bits per heavy atom. The number of aliphatic hydroxyl groups is 1. The summed E-state index contributed by atoms with van der Waals surface area (Å²) < 4.78 is 0. The predicted octanol–water partition coefficient (Wildman–Crippen LogP) is 2.45. The van der Waals surface area contributed by atoms with Gasteiger partial charge in [0.1, 0.15) is 5.70 Å². The number of hydrogen-bond acceptors (Lipinski definition) is 6. The van der Waals surface area contributed by atoms with Gasteiger partial charge < -0.3 is 10.0 Å². The Morgan fingerprint density at radius 1 is 1.10 bits per heavy atom. The van der Waals surface area contributed by atoms with E-state index in [9.17, 15) is 24.8 Å². The van der Waals surface area contributed by atoms with Crippen molar-refractivity contribution in [3.05, 3.63) is 80.5 Å². The van der Waals surface area contributed by atoms with Gasteiger partial charge in [0.15, 0.2) is 0 Å². The van der Waals surface area contributed by atoms with Gasteiger partial charge in [-0.1, -0.05) is 29.8 Å². The lowest BCUT2D eigenvalue weighted by molar-refractivity contribution is -0.384. The normalized spacial score (nSPS) is 14.0. The minimum Gasteiger partial charge on any atom is -0.395 e. The maximum Gasteiger partial charge on any atom is 0.278 e. The van der Waals surface area contributed by atoms with Crippen LogP contribution in [0, 0.1) is 10.1 Å². The smallest absolute Gasteiger partial charge is 0.278 e. The van der Waals surface area contributed by atoms with Crippen molar-refractivity contribution in [3.63, 3.8) is 0 Å². The lowest BCUT2D eigenvalue weighted by atomic mass is 10.0. The second-order valence-corrected chi connectivity index (χ2v) is 6.87. The van der Waals surface area contributed by atoms with Crippen LogP contribution < -0.4 is 0 Å². The van der Waals surface area contributed by atoms with Gasteiger partial charge in [-0.15, -0.1) is 0 Å². The summed E-state index contributed by atoms with van der Waals surface area (Å²) >= 11 is 6.18. The van der Waals surface area contributed by atoms with Crippen molar-refractivity contribution in [2.75, 3.05) is 20.2 Å². The topological polar surface area (TPSA) is 104 Å². The van der Waals surface area contributed by atoms with E-state index in [0.29, 0.717) is 16.1 Å². The number of likely N-dealkylation sites (N-methyl/N-ethyl adjacent to an activating group) is 1. The van der Waals surface area contributed by atoms with E-state index in [1.165, 1.54) is 29.2 Å². The largest absolute Gasteiger partial charge is 0.395 e. The van der Waals surface area contributed by atoms with Crippen molar-refractivity contribution in [3.8, 4) is 0 Å². The minimum absolute atomic E-state index is 0.00964. The Kier molecular flexibility index (Phi) is 5.95. The number of benzene rings is 2. The maximum absolute atomic E-state index is 13.2. The number of halogens is 1. The maximum atomic E-state index is 13.2. The molecule has 150 valence electrons. The van der Waals surface area contributed by atoms with E-state index in [0.717, 1.165) is 4.90 Å². The van der Waals surface area contributed by atoms with Gasteiger partial charge in [-0.05, 0) is 29.3 Å². The molecule has 0 saturated carbocycles. The molecule has 0 bridgehead atoms. The van der Waals surface area contributed by atoms with Gasteiger partial charge in [-0.2, -0.15) is 0 Å². The lowest BCUT2D eigenvalue weighted by Gasteiger charge is -2.20. The van der Waals surface area contributed by atoms with Crippen LogP contribution in [0.5, 0.6) is 0 Å². The van der Waals surface area contributed by atoms with Gasteiger partial charge in [0, 0.05) is 30.7 Å². The number of nitro groups is 1. The fraction of sp³-hybridized carbons (Fsp3) is 0.200. The summed E-state index contributed by atoms with van der Waals surface area (Å²) in [6.45, 7) is -0.0748. The van der Waals surface area contributed by atoms with Gasteiger partial charge in [-0.3, -0.25) is 24.6 Å². The molecule has 0 aromatic heterocycles. The number of carbonyl (C=O) groups excluding carboxylic acids is 2. The number of nitro benzene ring substituents is 1. The molecule has 1 N–H and O–H groups in total. The van der Waals surface area contributed by atoms with Crippen molar-refractivity contribution in [1.29, 1.82) is 0 Å². The van der Waals surface area contributed by atoms with Crippen LogP contribution in [0.2, 0.25) is 5.02 Å². The van der Waals surface area contributed by atoms with E-state index in [1.807, 2.05) is 0 Å². The van der Waals surface area contributed by atoms with E-state index in [2.05, 4.69) is 0 Å². The number of hydrogen-bond donors (Lipinski definition) is 1. The average molecular weight is 416 g/mol. The summed E-state index contributed by atoms with van der Waals surface area (Å²) in [6.07, 6.45) is 0. The third kappa shape index (κ3) is 3.98. The fourth-order valence-electron chi connectivity index (χ4n) is 3.13. The standard InChI is InChI=1S/C20H18ClN3O5/c1-22(10-11-25)18-17(13-6-8-15(9-7-13)24(28)29)19(26)23(20(18)27)12-14-4-2-3-5-16(14)21/h2-9,25H,10-12H2,1H3. The van der Waals surface area contributed by atoms with Gasteiger partial charge in [0.25, 0.3) is 17.5 Å². The molecule has 0 fully saturated rings. The molecule has 1 heterocycles. The molecule has 29 heavy (non-hydrogen) atoms. The first-order valence-electron chi connectivity index (χ1n) is 8.75. The quantitative estimate of drug-likeness (QED) is 0.423. The van der Waals surface area contributed by atoms with Crippen LogP contribution in [0.25, 0.3) is 5.57 Å². The zero-order chi connectivity index (χ0) is 21.1. The number of nitrogens with zero attached hydrogens (tertiary/aromatic N) is 3. The van der Waals surface area contributed by atoms with Crippen molar-refractivity contribution in [2.45, 2.75) is 6.54 Å². The summed E-state index contributed by atoms with van der Waals surface area (Å²) in [5.41, 5.74) is 1.14. The van der Waals surface area contributed by atoms with Gasteiger partial charge in [0.05, 0.1) is 23.6 Å². The van der Waals surface area contributed by atoms with Crippen LogP contribution in [-0.4, -0.2) is 51.8 Å². The summed E-state index contributed by atoms with van der Waals surface area (Å²) in [7, 11) is 1.60. The Labute approximate surface area is 171 Å². The predicted molar refractivity (Wildman–Crippen MR) is 107 cm³/mol. The zero-order valence-electron chi connectivity index (χ0n) is 15.5. The van der Waals surface area contributed by atoms with Crippen molar-refractivity contribution >= 4 is 34.7 Å². The minimum atomic E-state index is -0.539. The molecule has 0 unspecified atom stereocenters. The lowest BCUT2D eigenvalue weighted by Crippen LogP contribution is -2.34. The molecule has 0 atom stereocenters. The van der Waals surface area contributed by atoms with Crippen LogP contribution >= 0.6 is 11.6 Å². The molecule has 8 nitrogen and oxygen atoms in total. The first-order chi connectivity index (χ1) is 13.8. The highest BCUT2D eigenvalue weighted by atomic mass is 35.5. The molecule has 0 spiro atoms. The fourth-order valence-corrected chi connectivity index (χ4v) is 3.33. The third-order valence-corrected chi connectivity index (χ3v) is 4.98. The molecular weight excluding hydrogens is 398 g/mol. The summed E-state index contributed by atoms with van der Waals surface area (Å²) in [4.78, 5) is 39.2. The van der Waals surface area contributed by atoms with E-state index in [1.54, 1.807) is 31.3 Å². The molecule has 2 aromatic carbocycles. The SMILES string of the molecule is CN(CCO)C1=C(c2ccc([N+](=O)[O-])cc2)C(=O)N(Cc2ccccc2Cl)C1=O. The highest BCUT2D eigenvalue weighted by Gasteiger charge is 2.40. The van der Waals surface area contributed by atoms with Crippen LogP contribution in [0.15, 0.2) is 54.2 Å². The van der Waals surface area contributed by atoms with Crippen molar-refractivity contribution < 1.29 is 19.6 Å². The van der Waals surface area contributed by atoms with E-state index in [-0.39, 0.29) is 36.7 Å². The molecule has 0 aliphatic carbocycles. The van der Waals surface area contributed by atoms with Crippen molar-refractivity contribution in [1.82, 2.24) is 9.80 Å². The highest BCUT2D eigenvalue weighted by molar-refractivity contribution is 6.35. The van der Waals surface area contributed by atoms with Crippen molar-refractivity contribution in [2.24, 2.45) is 0 Å². The highest BCUT2D eigenvalue weighted by Crippen LogP contribution is 2.33. The number of carbonyl (C=O) groups is 2. The third-order valence-electron chi connectivity index (χ3n) is 4.61. The molecule has 1 aliphatic rings. The molecule has 0 saturated heterocycles. The second-order valence-electron chi connectivity index (χ2n) is 6.46. The van der Waals surface area contributed by atoms with E-state index in [4.69, 9.17) is 11.6 Å². The Bertz CT molecular complexity index is 1000. The number of amides is 2. The van der Waals surface area contributed by atoms with Gasteiger partial charge in [-0.25, -0.2) is 0 Å². The molecule has 3 rings (SSSR count). The monoisotopic (exact) mass is 415 g/mol. The van der Waals surface area contributed by atoms with Crippen LogP contribution in [-0.2, 0) is 16.1 Å².